The van der Waals surface area contributed by atoms with Gasteiger partial charge in [-0.25, -0.2) is 18.4 Å². The minimum Gasteiger partial charge on any atom is -0.495 e. The third kappa shape index (κ3) is 4.26. The molecule has 2 aromatic carbocycles. The SMILES string of the molecule is CCOc1ccc(NS(=O)(=O)c2cc(Nc3ncnc4sc5c(c34)CCC5)ccc2OC)cc1. The number of methoxy groups -OCH3 is 1. The summed E-state index contributed by atoms with van der Waals surface area (Å²) in [5, 5.41) is 4.32. The Morgan fingerprint density at radius 3 is 2.62 bits per heavy atom. The fraction of sp³-hybridized carbons (Fsp3) is 0.250. The minimum atomic E-state index is -3.92. The summed E-state index contributed by atoms with van der Waals surface area (Å²) in [6.07, 6.45) is 4.74. The van der Waals surface area contributed by atoms with E-state index in [0.717, 1.165) is 29.5 Å². The number of rotatable bonds is 8. The molecule has 8 nitrogen and oxygen atoms in total. The number of fused-ring (bicyclic) bond motifs is 3. The van der Waals surface area contributed by atoms with E-state index in [0.29, 0.717) is 29.5 Å². The van der Waals surface area contributed by atoms with Crippen molar-refractivity contribution in [2.24, 2.45) is 0 Å². The van der Waals surface area contributed by atoms with Crippen molar-refractivity contribution < 1.29 is 17.9 Å². The Morgan fingerprint density at radius 1 is 1.06 bits per heavy atom. The van der Waals surface area contributed by atoms with Gasteiger partial charge in [0.25, 0.3) is 10.0 Å². The van der Waals surface area contributed by atoms with E-state index in [9.17, 15) is 8.42 Å². The second-order valence-corrected chi connectivity index (χ2v) is 10.5. The smallest absolute Gasteiger partial charge is 0.265 e. The number of hydrogen-bond acceptors (Lipinski definition) is 8. The number of anilines is 3. The Balaban J connectivity index is 1.47. The van der Waals surface area contributed by atoms with E-state index >= 15 is 0 Å². The van der Waals surface area contributed by atoms with Crippen molar-refractivity contribution >= 4 is 48.8 Å². The molecule has 0 aliphatic heterocycles. The highest BCUT2D eigenvalue weighted by atomic mass is 32.2. The molecule has 0 atom stereocenters. The van der Waals surface area contributed by atoms with Gasteiger partial charge in [0, 0.05) is 16.3 Å². The lowest BCUT2D eigenvalue weighted by molar-refractivity contribution is 0.340. The molecular formula is C24H24N4O4S2. The summed E-state index contributed by atoms with van der Waals surface area (Å²) in [5.74, 6) is 1.59. The van der Waals surface area contributed by atoms with Gasteiger partial charge >= 0.3 is 0 Å². The van der Waals surface area contributed by atoms with Crippen LogP contribution in [0.2, 0.25) is 0 Å². The van der Waals surface area contributed by atoms with Gasteiger partial charge in [-0.15, -0.1) is 11.3 Å². The lowest BCUT2D eigenvalue weighted by Gasteiger charge is -2.14. The molecular weight excluding hydrogens is 472 g/mol. The van der Waals surface area contributed by atoms with E-state index in [1.165, 1.54) is 23.9 Å². The van der Waals surface area contributed by atoms with Crippen LogP contribution in [0.25, 0.3) is 10.2 Å². The third-order valence-corrected chi connectivity index (χ3v) is 8.24. The van der Waals surface area contributed by atoms with Gasteiger partial charge in [-0.05, 0) is 74.2 Å². The van der Waals surface area contributed by atoms with Crippen molar-refractivity contribution in [3.63, 3.8) is 0 Å². The summed E-state index contributed by atoms with van der Waals surface area (Å²) < 4.78 is 39.9. The van der Waals surface area contributed by atoms with Gasteiger partial charge in [0.15, 0.2) is 0 Å². The molecule has 0 radical (unpaired) electrons. The number of nitrogens with zero attached hydrogens (tertiary/aromatic N) is 2. The van der Waals surface area contributed by atoms with Gasteiger partial charge in [-0.1, -0.05) is 0 Å². The first-order valence-corrected chi connectivity index (χ1v) is 13.2. The summed E-state index contributed by atoms with van der Waals surface area (Å²) in [7, 11) is -2.48. The van der Waals surface area contributed by atoms with E-state index in [2.05, 4.69) is 20.0 Å². The Bertz CT molecular complexity index is 1450. The van der Waals surface area contributed by atoms with Crippen molar-refractivity contribution in [1.29, 1.82) is 0 Å². The molecule has 2 N–H and O–H groups in total. The summed E-state index contributed by atoms with van der Waals surface area (Å²) in [4.78, 5) is 11.2. The molecule has 1 aliphatic carbocycles. The Kier molecular flexibility index (Phi) is 6.01. The Morgan fingerprint density at radius 2 is 1.85 bits per heavy atom. The van der Waals surface area contributed by atoms with E-state index in [1.807, 2.05) is 6.92 Å². The van der Waals surface area contributed by atoms with Gasteiger partial charge in [-0.3, -0.25) is 4.72 Å². The number of sulfonamides is 1. The highest BCUT2D eigenvalue weighted by molar-refractivity contribution is 7.92. The van der Waals surface area contributed by atoms with Crippen molar-refractivity contribution in [3.05, 3.63) is 59.2 Å². The van der Waals surface area contributed by atoms with Crippen molar-refractivity contribution in [1.82, 2.24) is 9.97 Å². The maximum absolute atomic E-state index is 13.2. The van der Waals surface area contributed by atoms with Crippen LogP contribution in [0.15, 0.2) is 53.7 Å². The van der Waals surface area contributed by atoms with Crippen LogP contribution in [0.4, 0.5) is 17.2 Å². The molecule has 1 aliphatic rings. The largest absolute Gasteiger partial charge is 0.495 e. The van der Waals surface area contributed by atoms with E-state index in [4.69, 9.17) is 9.47 Å². The van der Waals surface area contributed by atoms with Crippen molar-refractivity contribution in [3.8, 4) is 11.5 Å². The van der Waals surface area contributed by atoms with Crippen molar-refractivity contribution in [2.75, 3.05) is 23.8 Å². The predicted molar refractivity (Wildman–Crippen MR) is 134 cm³/mol. The number of thiophene rings is 1. The average Bonchev–Trinajstić information content (AvgIpc) is 3.42. The third-order valence-electron chi connectivity index (χ3n) is 5.63. The summed E-state index contributed by atoms with van der Waals surface area (Å²) in [5.41, 5.74) is 2.31. The minimum absolute atomic E-state index is 0.0229. The molecule has 34 heavy (non-hydrogen) atoms. The van der Waals surface area contributed by atoms with Gasteiger partial charge in [-0.2, -0.15) is 0 Å². The fourth-order valence-electron chi connectivity index (χ4n) is 4.12. The van der Waals surface area contributed by atoms with Gasteiger partial charge in [0.1, 0.15) is 33.4 Å². The zero-order valence-corrected chi connectivity index (χ0v) is 20.4. The maximum Gasteiger partial charge on any atom is 0.265 e. The molecule has 0 bridgehead atoms. The first-order valence-electron chi connectivity index (χ1n) is 10.9. The van der Waals surface area contributed by atoms with Crippen LogP contribution >= 0.6 is 11.3 Å². The molecule has 0 fully saturated rings. The lowest BCUT2D eigenvalue weighted by atomic mass is 10.2. The second kappa shape index (κ2) is 9.11. The predicted octanol–water partition coefficient (Wildman–Crippen LogP) is 5.13. The number of nitrogens with one attached hydrogen (secondary N) is 2. The van der Waals surface area contributed by atoms with Gasteiger partial charge < -0.3 is 14.8 Å². The monoisotopic (exact) mass is 496 g/mol. The van der Waals surface area contributed by atoms with E-state index in [1.54, 1.807) is 53.8 Å². The van der Waals surface area contributed by atoms with Crippen LogP contribution in [0.3, 0.4) is 0 Å². The normalized spacial score (nSPS) is 13.0. The van der Waals surface area contributed by atoms with Crippen molar-refractivity contribution in [2.45, 2.75) is 31.1 Å². The van der Waals surface area contributed by atoms with Gasteiger partial charge in [0.05, 0.1) is 19.1 Å². The molecule has 176 valence electrons. The van der Waals surface area contributed by atoms with E-state index in [-0.39, 0.29) is 10.6 Å². The standard InChI is InChI=1S/C24H24N4O4S2/c1-3-32-17-10-7-15(8-11-17)28-34(29,30)21-13-16(9-12-19(21)31-2)27-23-22-18-5-4-6-20(18)33-24(22)26-14-25-23/h7-14,28H,3-6H2,1-2H3,(H,25,26,27). The first kappa shape index (κ1) is 22.4. The molecule has 0 unspecified atom stereocenters. The second-order valence-electron chi connectivity index (χ2n) is 7.81. The molecule has 0 saturated heterocycles. The Labute approximate surface area is 202 Å². The molecule has 5 rings (SSSR count). The quantitative estimate of drug-likeness (QED) is 0.348. The molecule has 2 aromatic heterocycles. The fourth-order valence-corrected chi connectivity index (χ4v) is 6.60. The molecule has 0 amide bonds. The molecule has 10 heteroatoms. The topological polar surface area (TPSA) is 102 Å². The first-order chi connectivity index (χ1) is 16.5. The Hall–Kier alpha value is -3.37. The molecule has 0 spiro atoms. The van der Waals surface area contributed by atoms with Crippen LogP contribution in [-0.4, -0.2) is 32.1 Å². The zero-order valence-electron chi connectivity index (χ0n) is 18.8. The summed E-state index contributed by atoms with van der Waals surface area (Å²) in [6, 6.07) is 11.7. The molecule has 0 saturated carbocycles. The lowest BCUT2D eigenvalue weighted by Crippen LogP contribution is -2.14. The van der Waals surface area contributed by atoms with Gasteiger partial charge in [0.2, 0.25) is 0 Å². The van der Waals surface area contributed by atoms with Crippen LogP contribution in [0.1, 0.15) is 23.8 Å². The molecule has 2 heterocycles. The number of ether oxygens (including phenoxy) is 2. The zero-order chi connectivity index (χ0) is 23.7. The number of aryl methyl sites for hydroxylation is 2. The highest BCUT2D eigenvalue weighted by Crippen LogP contribution is 2.40. The van der Waals surface area contributed by atoms with Crippen LogP contribution in [0, 0.1) is 0 Å². The molecule has 4 aromatic rings. The highest BCUT2D eigenvalue weighted by Gasteiger charge is 2.23. The number of benzene rings is 2. The average molecular weight is 497 g/mol. The van der Waals surface area contributed by atoms with E-state index < -0.39 is 10.0 Å². The van der Waals surface area contributed by atoms with Crippen LogP contribution < -0.4 is 19.5 Å². The van der Waals surface area contributed by atoms with Crippen LogP contribution in [-0.2, 0) is 22.9 Å². The summed E-state index contributed by atoms with van der Waals surface area (Å²) in [6.45, 7) is 2.43. The maximum atomic E-state index is 13.2. The van der Waals surface area contributed by atoms with Crippen LogP contribution in [0.5, 0.6) is 11.5 Å². The summed E-state index contributed by atoms with van der Waals surface area (Å²) >= 11 is 1.70. The number of aromatic nitrogens is 2. The number of hydrogen-bond donors (Lipinski definition) is 2.